The van der Waals surface area contributed by atoms with E-state index in [1.165, 1.54) is 19.1 Å². The van der Waals surface area contributed by atoms with Crippen LogP contribution in [-0.2, 0) is 21.2 Å². The van der Waals surface area contributed by atoms with Gasteiger partial charge in [-0.25, -0.2) is 8.42 Å². The van der Waals surface area contributed by atoms with Crippen molar-refractivity contribution in [3.05, 3.63) is 48.0 Å². The van der Waals surface area contributed by atoms with Gasteiger partial charge in [0, 0.05) is 12.6 Å². The lowest BCUT2D eigenvalue weighted by molar-refractivity contribution is -0.117. The summed E-state index contributed by atoms with van der Waals surface area (Å²) in [5, 5.41) is 0. The molecule has 0 aromatic heterocycles. The van der Waals surface area contributed by atoms with Crippen LogP contribution in [0.4, 0.5) is 11.4 Å². The Morgan fingerprint density at radius 3 is 2.44 bits per heavy atom. The first-order valence-corrected chi connectivity index (χ1v) is 10.3. The number of sulfonamides is 1. The van der Waals surface area contributed by atoms with Gasteiger partial charge in [0.25, 0.3) is 10.0 Å². The molecule has 1 aliphatic rings. The van der Waals surface area contributed by atoms with Crippen LogP contribution in [0.3, 0.4) is 0 Å². The van der Waals surface area contributed by atoms with Gasteiger partial charge in [-0.15, -0.1) is 0 Å². The van der Waals surface area contributed by atoms with E-state index >= 15 is 0 Å². The average Bonchev–Trinajstić information content (AvgIpc) is 2.60. The van der Waals surface area contributed by atoms with Crippen LogP contribution in [0.25, 0.3) is 0 Å². The molecule has 1 aliphatic heterocycles. The molecular weight excluding hydrogens is 364 g/mol. The maximum absolute atomic E-state index is 12.8. The second-order valence-electron chi connectivity index (χ2n) is 7.25. The molecule has 0 aliphatic carbocycles. The largest absolute Gasteiger partial charge is 0.484 e. The first kappa shape index (κ1) is 19.2. The van der Waals surface area contributed by atoms with E-state index in [9.17, 15) is 13.2 Å². The summed E-state index contributed by atoms with van der Waals surface area (Å²) >= 11 is 0. The second-order valence-corrected chi connectivity index (χ2v) is 8.93. The van der Waals surface area contributed by atoms with Crippen LogP contribution in [0.15, 0.2) is 47.4 Å². The Balaban J connectivity index is 1.95. The Kier molecular flexibility index (Phi) is 4.90. The minimum absolute atomic E-state index is 0.0791. The Labute approximate surface area is 160 Å². The van der Waals surface area contributed by atoms with Crippen molar-refractivity contribution in [1.82, 2.24) is 0 Å². The van der Waals surface area contributed by atoms with E-state index in [1.807, 2.05) is 32.9 Å². The first-order chi connectivity index (χ1) is 12.6. The van der Waals surface area contributed by atoms with E-state index in [1.54, 1.807) is 23.1 Å². The fourth-order valence-electron chi connectivity index (χ4n) is 3.06. The van der Waals surface area contributed by atoms with E-state index in [2.05, 4.69) is 4.72 Å². The molecule has 0 unspecified atom stereocenters. The Bertz CT molecular complexity index is 966. The van der Waals surface area contributed by atoms with E-state index in [0.717, 1.165) is 12.0 Å². The summed E-state index contributed by atoms with van der Waals surface area (Å²) < 4.78 is 34.1. The average molecular weight is 388 g/mol. The highest BCUT2D eigenvalue weighted by atomic mass is 32.2. The SMILES string of the molecule is CCc1ccc(NS(=O)(=O)c2ccc3c(c2)N(C(C)=O)CC(C)(C)O3)cc1. The van der Waals surface area contributed by atoms with Crippen LogP contribution in [0.2, 0.25) is 0 Å². The quantitative estimate of drug-likeness (QED) is 0.869. The number of benzene rings is 2. The molecule has 0 atom stereocenters. The fourth-order valence-corrected chi connectivity index (χ4v) is 4.14. The van der Waals surface area contributed by atoms with Crippen molar-refractivity contribution < 1.29 is 17.9 Å². The standard InChI is InChI=1S/C20H24N2O4S/c1-5-15-6-8-16(9-7-15)21-27(24,25)17-10-11-19-18(12-17)22(14(2)23)13-20(3,4)26-19/h6-12,21H,5,13H2,1-4H3. The zero-order valence-corrected chi connectivity index (χ0v) is 16.8. The molecule has 6 nitrogen and oxygen atoms in total. The molecule has 2 aromatic carbocycles. The van der Waals surface area contributed by atoms with Crippen molar-refractivity contribution in [1.29, 1.82) is 0 Å². The molecule has 7 heteroatoms. The normalized spacial score (nSPS) is 15.6. The molecule has 0 fully saturated rings. The highest BCUT2D eigenvalue weighted by molar-refractivity contribution is 7.92. The van der Waals surface area contributed by atoms with Crippen LogP contribution in [0.5, 0.6) is 5.75 Å². The van der Waals surface area contributed by atoms with Crippen LogP contribution < -0.4 is 14.4 Å². The molecule has 3 rings (SSSR count). The van der Waals surface area contributed by atoms with Crippen molar-refractivity contribution in [2.75, 3.05) is 16.2 Å². The number of aryl methyl sites for hydroxylation is 1. The lowest BCUT2D eigenvalue weighted by Gasteiger charge is -2.39. The molecule has 0 bridgehead atoms. The third-order valence-corrected chi connectivity index (χ3v) is 5.83. The number of fused-ring (bicyclic) bond motifs is 1. The first-order valence-electron chi connectivity index (χ1n) is 8.84. The lowest BCUT2D eigenvalue weighted by Crippen LogP contribution is -2.48. The highest BCUT2D eigenvalue weighted by Crippen LogP contribution is 2.38. The summed E-state index contributed by atoms with van der Waals surface area (Å²) in [4.78, 5) is 13.7. The Morgan fingerprint density at radius 2 is 1.85 bits per heavy atom. The number of hydrogen-bond acceptors (Lipinski definition) is 4. The number of nitrogens with one attached hydrogen (secondary N) is 1. The lowest BCUT2D eigenvalue weighted by atomic mass is 10.1. The van der Waals surface area contributed by atoms with Crippen LogP contribution in [-0.4, -0.2) is 26.5 Å². The van der Waals surface area contributed by atoms with E-state index < -0.39 is 15.6 Å². The van der Waals surface area contributed by atoms with Gasteiger partial charge in [0.05, 0.1) is 17.1 Å². The smallest absolute Gasteiger partial charge is 0.261 e. The molecule has 27 heavy (non-hydrogen) atoms. The van der Waals surface area contributed by atoms with Crippen LogP contribution in [0.1, 0.15) is 33.3 Å². The number of anilines is 2. The zero-order valence-electron chi connectivity index (χ0n) is 15.9. The molecule has 1 N–H and O–H groups in total. The van der Waals surface area contributed by atoms with Crippen LogP contribution in [0, 0.1) is 0 Å². The molecule has 0 radical (unpaired) electrons. The maximum atomic E-state index is 12.8. The van der Waals surface area contributed by atoms with Gasteiger partial charge >= 0.3 is 0 Å². The molecule has 1 amide bonds. The molecule has 0 spiro atoms. The zero-order chi connectivity index (χ0) is 19.8. The van der Waals surface area contributed by atoms with Gasteiger partial charge in [-0.1, -0.05) is 19.1 Å². The van der Waals surface area contributed by atoms with Gasteiger partial charge in [-0.3, -0.25) is 9.52 Å². The monoisotopic (exact) mass is 388 g/mol. The van der Waals surface area contributed by atoms with Crippen molar-refractivity contribution in [2.24, 2.45) is 0 Å². The van der Waals surface area contributed by atoms with Crippen molar-refractivity contribution in [2.45, 2.75) is 44.6 Å². The summed E-state index contributed by atoms with van der Waals surface area (Å²) in [6.45, 7) is 7.62. The molecular formula is C20H24N2O4S. The predicted molar refractivity (Wildman–Crippen MR) is 106 cm³/mol. The number of ether oxygens (including phenoxy) is 1. The Hall–Kier alpha value is -2.54. The topological polar surface area (TPSA) is 75.7 Å². The number of rotatable bonds is 4. The minimum Gasteiger partial charge on any atom is -0.484 e. The fraction of sp³-hybridized carbons (Fsp3) is 0.350. The number of carbonyl (C=O) groups is 1. The number of carbonyl (C=O) groups excluding carboxylic acids is 1. The van der Waals surface area contributed by atoms with Gasteiger partial charge in [0.1, 0.15) is 11.4 Å². The van der Waals surface area contributed by atoms with Crippen LogP contribution >= 0.6 is 0 Å². The summed E-state index contributed by atoms with van der Waals surface area (Å²) in [5.74, 6) is 0.331. The summed E-state index contributed by atoms with van der Waals surface area (Å²) in [6.07, 6.45) is 0.884. The number of amides is 1. The molecule has 0 saturated heterocycles. The molecule has 0 saturated carbocycles. The van der Waals surface area contributed by atoms with Gasteiger partial charge in [0.15, 0.2) is 0 Å². The van der Waals surface area contributed by atoms with E-state index in [4.69, 9.17) is 4.74 Å². The predicted octanol–water partition coefficient (Wildman–Crippen LogP) is 3.57. The van der Waals surface area contributed by atoms with Crippen molar-refractivity contribution in [3.8, 4) is 5.75 Å². The number of hydrogen-bond donors (Lipinski definition) is 1. The third-order valence-electron chi connectivity index (χ3n) is 4.45. The third kappa shape index (κ3) is 4.08. The Morgan fingerprint density at radius 1 is 1.19 bits per heavy atom. The maximum Gasteiger partial charge on any atom is 0.261 e. The highest BCUT2D eigenvalue weighted by Gasteiger charge is 2.34. The molecule has 144 valence electrons. The summed E-state index contributed by atoms with van der Waals surface area (Å²) in [5.41, 5.74) is 1.54. The van der Waals surface area contributed by atoms with Crippen molar-refractivity contribution >= 4 is 27.3 Å². The van der Waals surface area contributed by atoms with Crippen molar-refractivity contribution in [3.63, 3.8) is 0 Å². The summed E-state index contributed by atoms with van der Waals surface area (Å²) in [7, 11) is -3.79. The molecule has 1 heterocycles. The van der Waals surface area contributed by atoms with Gasteiger partial charge in [-0.05, 0) is 56.2 Å². The summed E-state index contributed by atoms with van der Waals surface area (Å²) in [6, 6.07) is 11.8. The van der Waals surface area contributed by atoms with Gasteiger partial charge < -0.3 is 9.64 Å². The van der Waals surface area contributed by atoms with Gasteiger partial charge in [0.2, 0.25) is 5.91 Å². The van der Waals surface area contributed by atoms with E-state index in [0.29, 0.717) is 23.7 Å². The number of nitrogens with zero attached hydrogens (tertiary/aromatic N) is 1. The minimum atomic E-state index is -3.79. The second kappa shape index (κ2) is 6.88. The molecule has 2 aromatic rings. The van der Waals surface area contributed by atoms with Gasteiger partial charge in [-0.2, -0.15) is 0 Å². The van der Waals surface area contributed by atoms with E-state index in [-0.39, 0.29) is 10.8 Å².